The number of thioether (sulfide) groups is 1. The first kappa shape index (κ1) is 10.6. The zero-order chi connectivity index (χ0) is 10.7. The summed E-state index contributed by atoms with van der Waals surface area (Å²) in [5.74, 6) is 1.34. The predicted octanol–water partition coefficient (Wildman–Crippen LogP) is 1.53. The molecule has 0 aliphatic carbocycles. The molecule has 1 aromatic heterocycles. The molecule has 1 saturated heterocycles. The summed E-state index contributed by atoms with van der Waals surface area (Å²) in [5.41, 5.74) is 0.773. The lowest BCUT2D eigenvalue weighted by Gasteiger charge is -2.25. The molecule has 0 unspecified atom stereocenters. The van der Waals surface area contributed by atoms with Crippen molar-refractivity contribution in [1.29, 1.82) is 0 Å². The average Bonchev–Trinajstić information content (AvgIpc) is 2.67. The van der Waals surface area contributed by atoms with E-state index in [1.165, 1.54) is 6.26 Å². The maximum absolute atomic E-state index is 10.8. The van der Waals surface area contributed by atoms with Crippen LogP contribution in [0.15, 0.2) is 16.7 Å². The first-order chi connectivity index (χ1) is 7.27. The number of carbonyl (C=O) groups is 1. The Morgan fingerprint density at radius 2 is 2.27 bits per heavy atom. The van der Waals surface area contributed by atoms with Gasteiger partial charge in [0, 0.05) is 36.7 Å². The lowest BCUT2D eigenvalue weighted by Crippen LogP contribution is -2.32. The third-order valence-corrected chi connectivity index (χ3v) is 3.38. The minimum Gasteiger partial charge on any atom is -0.475 e. The van der Waals surface area contributed by atoms with Crippen LogP contribution in [-0.4, -0.2) is 40.6 Å². The number of hydrogen-bond acceptors (Lipinski definition) is 4. The van der Waals surface area contributed by atoms with E-state index in [0.29, 0.717) is 6.54 Å². The normalized spacial score (nSPS) is 17.9. The van der Waals surface area contributed by atoms with E-state index in [4.69, 9.17) is 9.52 Å². The monoisotopic (exact) mass is 227 g/mol. The molecule has 0 aromatic carbocycles. The van der Waals surface area contributed by atoms with E-state index in [-0.39, 0.29) is 5.76 Å². The quantitative estimate of drug-likeness (QED) is 0.848. The zero-order valence-corrected chi connectivity index (χ0v) is 9.13. The fourth-order valence-electron chi connectivity index (χ4n) is 1.65. The highest BCUT2D eigenvalue weighted by atomic mass is 32.2. The number of nitrogens with zero attached hydrogens (tertiary/aromatic N) is 1. The van der Waals surface area contributed by atoms with E-state index >= 15 is 0 Å². The second kappa shape index (κ2) is 4.72. The number of furan rings is 1. The molecule has 0 atom stereocenters. The lowest BCUT2D eigenvalue weighted by atomic mass is 10.2. The summed E-state index contributed by atoms with van der Waals surface area (Å²) < 4.78 is 4.94. The van der Waals surface area contributed by atoms with E-state index in [0.717, 1.165) is 30.2 Å². The molecule has 0 amide bonds. The number of carboxylic acid groups (broad SMARTS) is 1. The van der Waals surface area contributed by atoms with Crippen molar-refractivity contribution in [2.75, 3.05) is 24.6 Å². The zero-order valence-electron chi connectivity index (χ0n) is 8.31. The molecule has 2 rings (SSSR count). The third-order valence-electron chi connectivity index (χ3n) is 2.44. The highest BCUT2D eigenvalue weighted by Gasteiger charge is 2.17. The Bertz CT molecular complexity index is 344. The highest BCUT2D eigenvalue weighted by Crippen LogP contribution is 2.16. The Morgan fingerprint density at radius 3 is 2.93 bits per heavy atom. The van der Waals surface area contributed by atoms with Gasteiger partial charge in [0.1, 0.15) is 0 Å². The van der Waals surface area contributed by atoms with E-state index < -0.39 is 5.97 Å². The van der Waals surface area contributed by atoms with Gasteiger partial charge in [0.25, 0.3) is 0 Å². The topological polar surface area (TPSA) is 53.7 Å². The van der Waals surface area contributed by atoms with Gasteiger partial charge >= 0.3 is 5.97 Å². The SMILES string of the molecule is O=C(O)c1occc1CN1CCSCC1. The molecule has 0 saturated carbocycles. The summed E-state index contributed by atoms with van der Waals surface area (Å²) in [6.45, 7) is 2.72. The van der Waals surface area contributed by atoms with Crippen LogP contribution in [0.4, 0.5) is 0 Å². The summed E-state index contributed by atoms with van der Waals surface area (Å²) in [6.07, 6.45) is 1.44. The summed E-state index contributed by atoms with van der Waals surface area (Å²) >= 11 is 1.94. The first-order valence-electron chi connectivity index (χ1n) is 4.87. The molecule has 0 radical (unpaired) electrons. The maximum atomic E-state index is 10.8. The van der Waals surface area contributed by atoms with Crippen LogP contribution in [0.3, 0.4) is 0 Å². The van der Waals surface area contributed by atoms with Crippen LogP contribution in [0.25, 0.3) is 0 Å². The Morgan fingerprint density at radius 1 is 1.53 bits per heavy atom. The fourth-order valence-corrected chi connectivity index (χ4v) is 2.63. The van der Waals surface area contributed by atoms with Crippen molar-refractivity contribution in [2.24, 2.45) is 0 Å². The van der Waals surface area contributed by atoms with E-state index in [9.17, 15) is 4.79 Å². The molecule has 2 heterocycles. The van der Waals surface area contributed by atoms with Crippen LogP contribution >= 0.6 is 11.8 Å². The van der Waals surface area contributed by atoms with Crippen molar-refractivity contribution < 1.29 is 14.3 Å². The van der Waals surface area contributed by atoms with Crippen LogP contribution in [0.1, 0.15) is 16.1 Å². The summed E-state index contributed by atoms with van der Waals surface area (Å²) in [6, 6.07) is 1.74. The van der Waals surface area contributed by atoms with Crippen molar-refractivity contribution in [2.45, 2.75) is 6.54 Å². The Hall–Kier alpha value is -0.940. The van der Waals surface area contributed by atoms with Crippen molar-refractivity contribution in [3.63, 3.8) is 0 Å². The number of hydrogen-bond donors (Lipinski definition) is 1. The number of rotatable bonds is 3. The summed E-state index contributed by atoms with van der Waals surface area (Å²) in [7, 11) is 0. The molecular weight excluding hydrogens is 214 g/mol. The molecule has 1 fully saturated rings. The lowest BCUT2D eigenvalue weighted by molar-refractivity contribution is 0.0659. The van der Waals surface area contributed by atoms with E-state index in [1.54, 1.807) is 6.07 Å². The van der Waals surface area contributed by atoms with Gasteiger partial charge in [-0.1, -0.05) is 0 Å². The van der Waals surface area contributed by atoms with Crippen molar-refractivity contribution in [3.8, 4) is 0 Å². The van der Waals surface area contributed by atoms with Crippen LogP contribution in [0.5, 0.6) is 0 Å². The first-order valence-corrected chi connectivity index (χ1v) is 6.02. The van der Waals surface area contributed by atoms with Gasteiger partial charge < -0.3 is 9.52 Å². The highest BCUT2D eigenvalue weighted by molar-refractivity contribution is 7.99. The smallest absolute Gasteiger partial charge is 0.372 e. The largest absolute Gasteiger partial charge is 0.475 e. The number of carboxylic acids is 1. The summed E-state index contributed by atoms with van der Waals surface area (Å²) in [4.78, 5) is 13.1. The van der Waals surface area contributed by atoms with Gasteiger partial charge in [-0.05, 0) is 6.07 Å². The molecule has 4 nitrogen and oxygen atoms in total. The van der Waals surface area contributed by atoms with Crippen LogP contribution in [0.2, 0.25) is 0 Å². The van der Waals surface area contributed by atoms with Gasteiger partial charge in [0.2, 0.25) is 5.76 Å². The Kier molecular flexibility index (Phi) is 3.33. The molecule has 1 aliphatic rings. The fraction of sp³-hybridized carbons (Fsp3) is 0.500. The molecule has 1 aromatic rings. The maximum Gasteiger partial charge on any atom is 0.372 e. The van der Waals surface area contributed by atoms with Gasteiger partial charge in [-0.15, -0.1) is 0 Å². The molecule has 1 aliphatic heterocycles. The van der Waals surface area contributed by atoms with Crippen LogP contribution in [-0.2, 0) is 6.54 Å². The molecule has 0 bridgehead atoms. The average molecular weight is 227 g/mol. The van der Waals surface area contributed by atoms with Gasteiger partial charge in [-0.3, -0.25) is 4.90 Å². The molecule has 82 valence electrons. The van der Waals surface area contributed by atoms with Gasteiger partial charge in [-0.2, -0.15) is 11.8 Å². The van der Waals surface area contributed by atoms with Crippen molar-refractivity contribution >= 4 is 17.7 Å². The second-order valence-electron chi connectivity index (χ2n) is 3.47. The number of aromatic carboxylic acids is 1. The second-order valence-corrected chi connectivity index (χ2v) is 4.69. The van der Waals surface area contributed by atoms with E-state index in [1.807, 2.05) is 11.8 Å². The summed E-state index contributed by atoms with van der Waals surface area (Å²) in [5, 5.41) is 8.87. The Balaban J connectivity index is 2.03. The van der Waals surface area contributed by atoms with E-state index in [2.05, 4.69) is 4.90 Å². The molecule has 5 heteroatoms. The minimum atomic E-state index is -0.985. The van der Waals surface area contributed by atoms with Gasteiger partial charge in [-0.25, -0.2) is 4.79 Å². The predicted molar refractivity (Wildman–Crippen MR) is 58.3 cm³/mol. The molecule has 1 N–H and O–H groups in total. The molecule has 15 heavy (non-hydrogen) atoms. The van der Waals surface area contributed by atoms with Crippen molar-refractivity contribution in [3.05, 3.63) is 23.7 Å². The van der Waals surface area contributed by atoms with Crippen LogP contribution < -0.4 is 0 Å². The minimum absolute atomic E-state index is 0.0771. The molecular formula is C10H13NO3S. The Labute approximate surface area is 92.2 Å². The van der Waals surface area contributed by atoms with Gasteiger partial charge in [0.15, 0.2) is 0 Å². The van der Waals surface area contributed by atoms with Crippen LogP contribution in [0, 0.1) is 0 Å². The molecule has 0 spiro atoms. The third kappa shape index (κ3) is 2.54. The van der Waals surface area contributed by atoms with Gasteiger partial charge in [0.05, 0.1) is 6.26 Å². The standard InChI is InChI=1S/C10H13NO3S/c12-10(13)9-8(1-4-14-9)7-11-2-5-15-6-3-11/h1,4H,2-3,5-7H2,(H,12,13). The van der Waals surface area contributed by atoms with Crippen molar-refractivity contribution in [1.82, 2.24) is 4.90 Å².